The largest absolute Gasteiger partial charge is 0.340 e. The number of benzene rings is 2. The number of nitrogens with zero attached hydrogens (tertiary/aromatic N) is 5. The van der Waals surface area contributed by atoms with E-state index in [0.29, 0.717) is 22.3 Å². The molecule has 0 atom stereocenters. The summed E-state index contributed by atoms with van der Waals surface area (Å²) in [6.45, 7) is 7.91. The molecule has 1 saturated heterocycles. The Morgan fingerprint density at radius 1 is 1.09 bits per heavy atom. The molecule has 0 radical (unpaired) electrons. The minimum atomic E-state index is -0.397. The number of nitrogens with one attached hydrogen (secondary N) is 1. The molecule has 1 fully saturated rings. The van der Waals surface area contributed by atoms with Crippen LogP contribution in [0.1, 0.15) is 19.4 Å². The molecular formula is C24H26N6O2. The standard InChI is InChI=1S/C24H26N6O2/c1-24(2,29-13-11-28(3)12-14-29)10-9-18-15-21-20(16-22(18)30(31)32)23(26-17-25-21)27-19-7-5-4-6-8-19/h4-8,15-17H,11-14H2,1-3H3,(H,25,26,27). The second-order valence-corrected chi connectivity index (χ2v) is 8.46. The molecule has 0 saturated carbocycles. The molecule has 0 amide bonds. The second-order valence-electron chi connectivity index (χ2n) is 8.46. The monoisotopic (exact) mass is 430 g/mol. The van der Waals surface area contributed by atoms with Crippen LogP contribution in [0.5, 0.6) is 0 Å². The van der Waals surface area contributed by atoms with Crippen molar-refractivity contribution in [2.75, 3.05) is 38.5 Å². The lowest BCUT2D eigenvalue weighted by molar-refractivity contribution is -0.385. The van der Waals surface area contributed by atoms with Crippen LogP contribution in [0, 0.1) is 22.0 Å². The molecule has 32 heavy (non-hydrogen) atoms. The molecule has 1 aromatic heterocycles. The summed E-state index contributed by atoms with van der Waals surface area (Å²) < 4.78 is 0. The predicted octanol–water partition coefficient (Wildman–Crippen LogP) is 3.66. The number of hydrogen-bond donors (Lipinski definition) is 1. The first-order valence-corrected chi connectivity index (χ1v) is 10.6. The van der Waals surface area contributed by atoms with Gasteiger partial charge in [-0.3, -0.25) is 15.0 Å². The summed E-state index contributed by atoms with van der Waals surface area (Å²) >= 11 is 0. The highest BCUT2D eigenvalue weighted by molar-refractivity contribution is 5.93. The molecule has 4 rings (SSSR count). The SMILES string of the molecule is CN1CCN(C(C)(C)C#Cc2cc3ncnc(Nc4ccccc4)c3cc2[N+](=O)[O-])CC1. The fourth-order valence-corrected chi connectivity index (χ4v) is 3.77. The van der Waals surface area contributed by atoms with Crippen LogP contribution in [0.3, 0.4) is 0 Å². The molecule has 1 aliphatic heterocycles. The van der Waals surface area contributed by atoms with Crippen molar-refractivity contribution in [3.8, 4) is 11.8 Å². The third-order valence-electron chi connectivity index (χ3n) is 5.78. The van der Waals surface area contributed by atoms with E-state index in [1.54, 1.807) is 6.07 Å². The van der Waals surface area contributed by atoms with Crippen LogP contribution in [0.2, 0.25) is 0 Å². The Balaban J connectivity index is 1.71. The van der Waals surface area contributed by atoms with Gasteiger partial charge in [0.1, 0.15) is 17.7 Å². The van der Waals surface area contributed by atoms with Crippen LogP contribution >= 0.6 is 0 Å². The van der Waals surface area contributed by atoms with Gasteiger partial charge in [0, 0.05) is 43.3 Å². The summed E-state index contributed by atoms with van der Waals surface area (Å²) in [5.74, 6) is 6.86. The first-order valence-electron chi connectivity index (χ1n) is 10.6. The van der Waals surface area contributed by atoms with Crippen LogP contribution in [0.4, 0.5) is 17.2 Å². The number of rotatable bonds is 4. The zero-order valence-corrected chi connectivity index (χ0v) is 18.5. The number of para-hydroxylation sites is 1. The van der Waals surface area contributed by atoms with Gasteiger partial charge in [-0.05, 0) is 39.1 Å². The first kappa shape index (κ1) is 21.7. The van der Waals surface area contributed by atoms with Gasteiger partial charge in [0.25, 0.3) is 5.69 Å². The van der Waals surface area contributed by atoms with Gasteiger partial charge in [0.05, 0.1) is 16.0 Å². The van der Waals surface area contributed by atoms with E-state index < -0.39 is 10.5 Å². The van der Waals surface area contributed by atoms with Crippen molar-refractivity contribution in [1.29, 1.82) is 0 Å². The molecular weight excluding hydrogens is 404 g/mol. The van der Waals surface area contributed by atoms with Gasteiger partial charge < -0.3 is 10.2 Å². The highest BCUT2D eigenvalue weighted by Gasteiger charge is 2.27. The fourth-order valence-electron chi connectivity index (χ4n) is 3.77. The van der Waals surface area contributed by atoms with Crippen molar-refractivity contribution in [2.45, 2.75) is 19.4 Å². The van der Waals surface area contributed by atoms with Crippen molar-refractivity contribution in [3.05, 3.63) is 64.5 Å². The predicted molar refractivity (Wildman–Crippen MR) is 126 cm³/mol. The summed E-state index contributed by atoms with van der Waals surface area (Å²) in [6, 6.07) is 12.7. The van der Waals surface area contributed by atoms with E-state index in [4.69, 9.17) is 0 Å². The van der Waals surface area contributed by atoms with Gasteiger partial charge >= 0.3 is 0 Å². The molecule has 2 heterocycles. The van der Waals surface area contributed by atoms with E-state index in [-0.39, 0.29) is 5.69 Å². The zero-order chi connectivity index (χ0) is 22.7. The number of likely N-dealkylation sites (N-methyl/N-ethyl adjacent to an activating group) is 1. The van der Waals surface area contributed by atoms with Gasteiger partial charge in [-0.1, -0.05) is 30.0 Å². The number of aromatic nitrogens is 2. The van der Waals surface area contributed by atoms with Gasteiger partial charge in [0.15, 0.2) is 0 Å². The number of piperazine rings is 1. The van der Waals surface area contributed by atoms with Gasteiger partial charge in [-0.25, -0.2) is 9.97 Å². The molecule has 3 aromatic rings. The van der Waals surface area contributed by atoms with E-state index in [0.717, 1.165) is 31.9 Å². The third-order valence-corrected chi connectivity index (χ3v) is 5.78. The van der Waals surface area contributed by atoms with Gasteiger partial charge in [-0.2, -0.15) is 0 Å². The number of nitro benzene ring substituents is 1. The summed E-state index contributed by atoms with van der Waals surface area (Å²) in [5.41, 5.74) is 1.35. The summed E-state index contributed by atoms with van der Waals surface area (Å²) in [6.07, 6.45) is 1.45. The summed E-state index contributed by atoms with van der Waals surface area (Å²) in [5, 5.41) is 15.6. The van der Waals surface area contributed by atoms with Crippen LogP contribution in [-0.2, 0) is 0 Å². The highest BCUT2D eigenvalue weighted by Crippen LogP contribution is 2.30. The normalized spacial score (nSPS) is 15.2. The van der Waals surface area contributed by atoms with E-state index in [2.05, 4.69) is 57.8 Å². The maximum absolute atomic E-state index is 11.9. The van der Waals surface area contributed by atoms with Crippen molar-refractivity contribution < 1.29 is 4.92 Å². The van der Waals surface area contributed by atoms with Crippen molar-refractivity contribution in [2.24, 2.45) is 0 Å². The Morgan fingerprint density at radius 3 is 2.50 bits per heavy atom. The Kier molecular flexibility index (Phi) is 6.04. The molecule has 0 aliphatic carbocycles. The quantitative estimate of drug-likeness (QED) is 0.384. The minimum absolute atomic E-state index is 0.0508. The molecule has 8 heteroatoms. The third kappa shape index (κ3) is 4.69. The zero-order valence-electron chi connectivity index (χ0n) is 18.5. The number of nitro groups is 1. The Labute approximate surface area is 187 Å². The Bertz CT molecular complexity index is 1190. The van der Waals surface area contributed by atoms with E-state index in [9.17, 15) is 10.1 Å². The number of fused-ring (bicyclic) bond motifs is 1. The summed E-state index contributed by atoms with van der Waals surface area (Å²) in [4.78, 5) is 24.7. The molecule has 164 valence electrons. The Morgan fingerprint density at radius 2 is 1.81 bits per heavy atom. The molecule has 1 aliphatic rings. The highest BCUT2D eigenvalue weighted by atomic mass is 16.6. The molecule has 2 aromatic carbocycles. The van der Waals surface area contributed by atoms with Crippen LogP contribution in [-0.4, -0.2) is 63.5 Å². The second kappa shape index (κ2) is 8.91. The molecule has 8 nitrogen and oxygen atoms in total. The Hall–Kier alpha value is -3.54. The van der Waals surface area contributed by atoms with Crippen molar-refractivity contribution >= 4 is 28.1 Å². The number of hydrogen-bond acceptors (Lipinski definition) is 7. The smallest absolute Gasteiger partial charge is 0.285 e. The lowest BCUT2D eigenvalue weighted by Gasteiger charge is -2.40. The molecule has 0 spiro atoms. The van der Waals surface area contributed by atoms with Crippen LogP contribution in [0.15, 0.2) is 48.8 Å². The van der Waals surface area contributed by atoms with E-state index in [1.165, 1.54) is 12.4 Å². The summed E-state index contributed by atoms with van der Waals surface area (Å²) in [7, 11) is 2.11. The van der Waals surface area contributed by atoms with Gasteiger partial charge in [-0.15, -0.1) is 0 Å². The first-order chi connectivity index (χ1) is 15.3. The number of anilines is 2. The maximum Gasteiger partial charge on any atom is 0.285 e. The van der Waals surface area contributed by atoms with Crippen LogP contribution < -0.4 is 5.32 Å². The lowest BCUT2D eigenvalue weighted by atomic mass is 10.0. The van der Waals surface area contributed by atoms with E-state index in [1.807, 2.05) is 30.3 Å². The van der Waals surface area contributed by atoms with Crippen molar-refractivity contribution in [3.63, 3.8) is 0 Å². The molecule has 0 unspecified atom stereocenters. The maximum atomic E-state index is 11.9. The average Bonchev–Trinajstić information content (AvgIpc) is 2.78. The lowest BCUT2D eigenvalue weighted by Crippen LogP contribution is -2.53. The minimum Gasteiger partial charge on any atom is -0.340 e. The molecule has 0 bridgehead atoms. The van der Waals surface area contributed by atoms with Gasteiger partial charge in [0.2, 0.25) is 0 Å². The average molecular weight is 431 g/mol. The fraction of sp³-hybridized carbons (Fsp3) is 0.333. The topological polar surface area (TPSA) is 87.4 Å². The van der Waals surface area contributed by atoms with Crippen molar-refractivity contribution in [1.82, 2.24) is 19.8 Å². The van der Waals surface area contributed by atoms with Crippen LogP contribution in [0.25, 0.3) is 10.9 Å². The molecule has 1 N–H and O–H groups in total. The van der Waals surface area contributed by atoms with E-state index >= 15 is 0 Å².